The molecule has 0 aliphatic carbocycles. The van der Waals surface area contributed by atoms with Gasteiger partial charge in [-0.15, -0.1) is 0 Å². The number of nitrogens with one attached hydrogen (secondary N) is 2. The number of hydrazine groups is 1. The number of carbonyl (C=O) groups excluding carboxylic acids is 2. The number of hydrogen-bond acceptors (Lipinski definition) is 4. The summed E-state index contributed by atoms with van der Waals surface area (Å²) in [5.41, 5.74) is 5.20. The number of rotatable bonds is 3. The summed E-state index contributed by atoms with van der Waals surface area (Å²) >= 11 is 18.5. The molecule has 0 radical (unpaired) electrons. The summed E-state index contributed by atoms with van der Waals surface area (Å²) < 4.78 is 0. The van der Waals surface area contributed by atoms with Gasteiger partial charge in [-0.25, -0.2) is 15.4 Å². The maximum absolute atomic E-state index is 13.4. The van der Waals surface area contributed by atoms with Gasteiger partial charge in [0.15, 0.2) is 0 Å². The van der Waals surface area contributed by atoms with Crippen molar-refractivity contribution in [3.8, 4) is 0 Å². The Balaban J connectivity index is 1.48. The molecule has 3 aromatic carbocycles. The number of carbonyl (C=O) groups is 2. The predicted molar refractivity (Wildman–Crippen MR) is 127 cm³/mol. The van der Waals surface area contributed by atoms with Gasteiger partial charge < -0.3 is 5.32 Å². The smallest absolute Gasteiger partial charge is 0.253 e. The molecule has 0 spiro atoms. The first-order valence-electron chi connectivity index (χ1n) is 9.74. The highest BCUT2D eigenvalue weighted by molar-refractivity contribution is 6.42. The van der Waals surface area contributed by atoms with E-state index < -0.39 is 6.17 Å². The van der Waals surface area contributed by atoms with E-state index >= 15 is 0 Å². The van der Waals surface area contributed by atoms with Crippen molar-refractivity contribution in [1.82, 2.24) is 15.7 Å². The second-order valence-electron chi connectivity index (χ2n) is 7.33. The standard InChI is InChI=1S/C23H15Cl3N4O2/c24-12-9-15(25)22(16(26)10-12)30-20(31)11-19(29-30)28-23(32)21-13-5-1-3-7-17(13)27-18-8-4-2-6-14(18)21/h1-10,19,29H,11H2,(H,28,32). The van der Waals surface area contributed by atoms with Crippen molar-refractivity contribution in [3.63, 3.8) is 0 Å². The fraction of sp³-hybridized carbons (Fsp3) is 0.0870. The maximum Gasteiger partial charge on any atom is 0.253 e. The van der Waals surface area contributed by atoms with Gasteiger partial charge in [-0.2, -0.15) is 0 Å². The van der Waals surface area contributed by atoms with Crippen LogP contribution < -0.4 is 15.8 Å². The van der Waals surface area contributed by atoms with Crippen LogP contribution >= 0.6 is 34.8 Å². The van der Waals surface area contributed by atoms with Gasteiger partial charge in [-0.1, -0.05) is 71.2 Å². The predicted octanol–water partition coefficient (Wildman–Crippen LogP) is 5.35. The Kier molecular flexibility index (Phi) is 5.39. The summed E-state index contributed by atoms with van der Waals surface area (Å²) in [5, 5.41) is 6.42. The van der Waals surface area contributed by atoms with Crippen LogP contribution in [0.4, 0.5) is 5.69 Å². The number of fused-ring (bicyclic) bond motifs is 2. The SMILES string of the molecule is O=C(NC1CC(=O)N(c2c(Cl)cc(Cl)cc2Cl)N1)c1c2ccccc2nc2ccccc12. The van der Waals surface area contributed by atoms with Crippen molar-refractivity contribution in [1.29, 1.82) is 0 Å². The zero-order valence-corrected chi connectivity index (χ0v) is 18.7. The number of aromatic nitrogens is 1. The van der Waals surface area contributed by atoms with Crippen LogP contribution in [0.25, 0.3) is 21.8 Å². The lowest BCUT2D eigenvalue weighted by atomic mass is 10.0. The van der Waals surface area contributed by atoms with Crippen LogP contribution in [0.5, 0.6) is 0 Å². The van der Waals surface area contributed by atoms with Crippen LogP contribution in [0.15, 0.2) is 60.7 Å². The number of nitrogens with zero attached hydrogens (tertiary/aromatic N) is 2. The first-order chi connectivity index (χ1) is 15.4. The van der Waals surface area contributed by atoms with Gasteiger partial charge in [0.25, 0.3) is 5.91 Å². The molecule has 2 amide bonds. The molecule has 0 bridgehead atoms. The zero-order chi connectivity index (χ0) is 22.4. The Labute approximate surface area is 198 Å². The molecule has 1 aliphatic heterocycles. The Morgan fingerprint density at radius 2 is 1.53 bits per heavy atom. The topological polar surface area (TPSA) is 74.3 Å². The second-order valence-corrected chi connectivity index (χ2v) is 8.58. The minimum Gasteiger partial charge on any atom is -0.335 e. The molecule has 1 atom stereocenters. The van der Waals surface area contributed by atoms with E-state index in [9.17, 15) is 9.59 Å². The van der Waals surface area contributed by atoms with Crippen LogP contribution in [0, 0.1) is 0 Å². The molecule has 0 saturated carbocycles. The minimum absolute atomic E-state index is 0.0297. The zero-order valence-electron chi connectivity index (χ0n) is 16.4. The maximum atomic E-state index is 13.4. The first-order valence-corrected chi connectivity index (χ1v) is 10.9. The van der Waals surface area contributed by atoms with E-state index in [0.717, 1.165) is 10.8 Å². The molecule has 1 unspecified atom stereocenters. The van der Waals surface area contributed by atoms with E-state index in [1.165, 1.54) is 17.1 Å². The van der Waals surface area contributed by atoms with Crippen molar-refractivity contribution in [2.45, 2.75) is 12.6 Å². The van der Waals surface area contributed by atoms with Crippen LogP contribution in [0.1, 0.15) is 16.8 Å². The molecule has 2 N–H and O–H groups in total. The fourth-order valence-electron chi connectivity index (χ4n) is 3.88. The third-order valence-corrected chi connectivity index (χ3v) is 6.03. The number of pyridine rings is 1. The fourth-order valence-corrected chi connectivity index (χ4v) is 4.86. The van der Waals surface area contributed by atoms with E-state index in [1.807, 2.05) is 48.5 Å². The van der Waals surface area contributed by atoms with E-state index in [1.54, 1.807) is 0 Å². The Bertz CT molecular complexity index is 1330. The van der Waals surface area contributed by atoms with Gasteiger partial charge >= 0.3 is 0 Å². The summed E-state index contributed by atoms with van der Waals surface area (Å²) in [7, 11) is 0. The molecule has 1 aliphatic rings. The number of hydrogen-bond donors (Lipinski definition) is 2. The highest BCUT2D eigenvalue weighted by Crippen LogP contribution is 2.37. The molecule has 160 valence electrons. The van der Waals surface area contributed by atoms with Crippen molar-refractivity contribution in [2.75, 3.05) is 5.01 Å². The normalized spacial score (nSPS) is 16.2. The van der Waals surface area contributed by atoms with Gasteiger partial charge in [-0.3, -0.25) is 9.59 Å². The Hall–Kier alpha value is -2.90. The van der Waals surface area contributed by atoms with Gasteiger partial charge in [0.2, 0.25) is 5.91 Å². The number of amides is 2. The molecule has 9 heteroatoms. The van der Waals surface area contributed by atoms with Gasteiger partial charge in [0.05, 0.1) is 38.8 Å². The van der Waals surface area contributed by atoms with Crippen molar-refractivity contribution >= 4 is 74.1 Å². The lowest BCUT2D eigenvalue weighted by Crippen LogP contribution is -2.46. The van der Waals surface area contributed by atoms with E-state index in [2.05, 4.69) is 15.7 Å². The largest absolute Gasteiger partial charge is 0.335 e. The Morgan fingerprint density at radius 3 is 2.12 bits per heavy atom. The quantitative estimate of drug-likeness (QED) is 0.384. The molecule has 1 fully saturated rings. The third-order valence-electron chi connectivity index (χ3n) is 5.24. The van der Waals surface area contributed by atoms with Crippen LogP contribution in [0.2, 0.25) is 15.1 Å². The lowest BCUT2D eigenvalue weighted by Gasteiger charge is -2.21. The molecule has 4 aromatic rings. The monoisotopic (exact) mass is 484 g/mol. The van der Waals surface area contributed by atoms with Crippen LogP contribution in [0.3, 0.4) is 0 Å². The molecule has 2 heterocycles. The molecule has 6 nitrogen and oxygen atoms in total. The molecular weight excluding hydrogens is 471 g/mol. The molecule has 5 rings (SSSR count). The summed E-state index contributed by atoms with van der Waals surface area (Å²) in [6, 6.07) is 17.9. The van der Waals surface area contributed by atoms with Gasteiger partial charge in [0, 0.05) is 15.8 Å². The van der Waals surface area contributed by atoms with Crippen LogP contribution in [-0.2, 0) is 4.79 Å². The number of halogens is 3. The molecule has 1 aromatic heterocycles. The Morgan fingerprint density at radius 1 is 0.969 bits per heavy atom. The molecule has 1 saturated heterocycles. The third kappa shape index (κ3) is 3.65. The van der Waals surface area contributed by atoms with Crippen LogP contribution in [-0.4, -0.2) is 23.0 Å². The highest BCUT2D eigenvalue weighted by atomic mass is 35.5. The molecular formula is C23H15Cl3N4O2. The lowest BCUT2D eigenvalue weighted by molar-refractivity contribution is -0.117. The van der Waals surface area contributed by atoms with Gasteiger partial charge in [-0.05, 0) is 24.3 Å². The average Bonchev–Trinajstić information content (AvgIpc) is 3.10. The van der Waals surface area contributed by atoms with E-state index in [-0.39, 0.29) is 28.3 Å². The summed E-state index contributed by atoms with van der Waals surface area (Å²) in [4.78, 5) is 30.7. The highest BCUT2D eigenvalue weighted by Gasteiger charge is 2.34. The van der Waals surface area contributed by atoms with Crippen molar-refractivity contribution in [3.05, 3.63) is 81.3 Å². The molecule has 32 heavy (non-hydrogen) atoms. The number of benzene rings is 3. The average molecular weight is 486 g/mol. The number of anilines is 1. The van der Waals surface area contributed by atoms with Gasteiger partial charge in [0.1, 0.15) is 6.17 Å². The van der Waals surface area contributed by atoms with Crippen molar-refractivity contribution < 1.29 is 9.59 Å². The van der Waals surface area contributed by atoms with E-state index in [0.29, 0.717) is 27.3 Å². The summed E-state index contributed by atoms with van der Waals surface area (Å²) in [5.74, 6) is -0.605. The minimum atomic E-state index is -0.650. The summed E-state index contributed by atoms with van der Waals surface area (Å²) in [6.45, 7) is 0. The summed E-state index contributed by atoms with van der Waals surface area (Å²) in [6.07, 6.45) is -0.620. The number of para-hydroxylation sites is 2. The first kappa shape index (κ1) is 21.0. The second kappa shape index (κ2) is 8.22. The van der Waals surface area contributed by atoms with E-state index in [4.69, 9.17) is 34.8 Å². The van der Waals surface area contributed by atoms with Crippen molar-refractivity contribution in [2.24, 2.45) is 0 Å².